The molecule has 5 heteroatoms. The molecule has 1 unspecified atom stereocenters. The summed E-state index contributed by atoms with van der Waals surface area (Å²) in [6.45, 7) is 2.92. The molecule has 0 aliphatic rings. The van der Waals surface area contributed by atoms with E-state index in [1.165, 1.54) is 25.1 Å². The number of aliphatic carboxylic acids is 1. The first-order valence-electron chi connectivity index (χ1n) is 5.25. The average molecular weight is 239 g/mol. The van der Waals surface area contributed by atoms with Gasteiger partial charge in [0.2, 0.25) is 5.91 Å². The highest BCUT2D eigenvalue weighted by Crippen LogP contribution is 2.20. The summed E-state index contributed by atoms with van der Waals surface area (Å²) in [4.78, 5) is 23.6. The van der Waals surface area contributed by atoms with Crippen molar-refractivity contribution in [2.24, 2.45) is 0 Å². The summed E-state index contributed by atoms with van der Waals surface area (Å²) in [6.07, 6.45) is 0.255. The van der Waals surface area contributed by atoms with Gasteiger partial charge in [-0.05, 0) is 24.6 Å². The van der Waals surface area contributed by atoms with Gasteiger partial charge < -0.3 is 5.11 Å². The van der Waals surface area contributed by atoms with Crippen LogP contribution in [0.25, 0.3) is 0 Å². The highest BCUT2D eigenvalue weighted by molar-refractivity contribution is 5.97. The fourth-order valence-electron chi connectivity index (χ4n) is 1.67. The van der Waals surface area contributed by atoms with Crippen molar-refractivity contribution in [1.82, 2.24) is 0 Å². The van der Waals surface area contributed by atoms with Crippen LogP contribution in [0.5, 0.6) is 0 Å². The molecule has 92 valence electrons. The van der Waals surface area contributed by atoms with Crippen LogP contribution in [-0.2, 0) is 9.59 Å². The Morgan fingerprint density at radius 1 is 1.47 bits per heavy atom. The zero-order valence-electron chi connectivity index (χ0n) is 9.68. The van der Waals surface area contributed by atoms with Crippen molar-refractivity contribution < 1.29 is 19.1 Å². The Bertz CT molecular complexity index is 434. The monoisotopic (exact) mass is 239 g/mol. The molecule has 1 rings (SSSR count). The van der Waals surface area contributed by atoms with Crippen molar-refractivity contribution in [3.63, 3.8) is 0 Å². The molecule has 1 N–H and O–H groups in total. The normalized spacial score (nSPS) is 11.9. The average Bonchev–Trinajstić information content (AvgIpc) is 2.24. The number of rotatable bonds is 4. The SMILES string of the molecule is CCC(C(=O)O)N(C(C)=O)c1cccc(F)c1. The molecule has 0 aromatic heterocycles. The van der Waals surface area contributed by atoms with Crippen molar-refractivity contribution in [3.8, 4) is 0 Å². The van der Waals surface area contributed by atoms with E-state index in [2.05, 4.69) is 0 Å². The number of carboxylic acids is 1. The van der Waals surface area contributed by atoms with Crippen LogP contribution < -0.4 is 4.90 Å². The number of benzene rings is 1. The predicted octanol–water partition coefficient (Wildman–Crippen LogP) is 2.04. The fourth-order valence-corrected chi connectivity index (χ4v) is 1.67. The molecule has 17 heavy (non-hydrogen) atoms. The van der Waals surface area contributed by atoms with Gasteiger partial charge in [-0.25, -0.2) is 9.18 Å². The van der Waals surface area contributed by atoms with Gasteiger partial charge in [0.1, 0.15) is 11.9 Å². The molecule has 0 saturated carbocycles. The number of halogens is 1. The van der Waals surface area contributed by atoms with Crippen molar-refractivity contribution in [2.75, 3.05) is 4.90 Å². The molecular formula is C12H14FNO3. The minimum absolute atomic E-state index is 0.255. The van der Waals surface area contributed by atoms with E-state index in [0.717, 1.165) is 11.0 Å². The van der Waals surface area contributed by atoms with Gasteiger partial charge in [0.25, 0.3) is 0 Å². The number of carboxylic acid groups (broad SMARTS) is 1. The quantitative estimate of drug-likeness (QED) is 0.874. The predicted molar refractivity (Wildman–Crippen MR) is 61.3 cm³/mol. The van der Waals surface area contributed by atoms with E-state index in [4.69, 9.17) is 5.11 Å². The Morgan fingerprint density at radius 3 is 2.53 bits per heavy atom. The van der Waals surface area contributed by atoms with Crippen LogP contribution in [0, 0.1) is 5.82 Å². The Kier molecular flexibility index (Phi) is 4.20. The zero-order chi connectivity index (χ0) is 13.0. The van der Waals surface area contributed by atoms with Crippen molar-refractivity contribution in [1.29, 1.82) is 0 Å². The maximum absolute atomic E-state index is 13.1. The summed E-state index contributed by atoms with van der Waals surface area (Å²) in [7, 11) is 0. The highest BCUT2D eigenvalue weighted by atomic mass is 19.1. The third kappa shape index (κ3) is 3.03. The van der Waals surface area contributed by atoms with E-state index in [-0.39, 0.29) is 12.1 Å². The van der Waals surface area contributed by atoms with E-state index in [0.29, 0.717) is 0 Å². The van der Waals surface area contributed by atoms with E-state index in [9.17, 15) is 14.0 Å². The maximum atomic E-state index is 13.1. The van der Waals surface area contributed by atoms with Crippen molar-refractivity contribution in [2.45, 2.75) is 26.3 Å². The standard InChI is InChI=1S/C12H14FNO3/c1-3-11(12(16)17)14(8(2)15)10-6-4-5-9(13)7-10/h4-7,11H,3H2,1-2H3,(H,16,17). The van der Waals surface area contributed by atoms with Gasteiger partial charge >= 0.3 is 5.97 Å². The Hall–Kier alpha value is -1.91. The molecule has 0 bridgehead atoms. The number of anilines is 1. The summed E-state index contributed by atoms with van der Waals surface area (Å²) in [5.41, 5.74) is 0.256. The fraction of sp³-hybridized carbons (Fsp3) is 0.333. The lowest BCUT2D eigenvalue weighted by Crippen LogP contribution is -2.44. The number of carbonyl (C=O) groups excluding carboxylic acids is 1. The van der Waals surface area contributed by atoms with E-state index < -0.39 is 23.7 Å². The van der Waals surface area contributed by atoms with Gasteiger partial charge in [-0.1, -0.05) is 13.0 Å². The molecule has 1 amide bonds. The molecule has 0 heterocycles. The zero-order valence-corrected chi connectivity index (χ0v) is 9.68. The number of hydrogen-bond donors (Lipinski definition) is 1. The minimum atomic E-state index is -1.10. The Balaban J connectivity index is 3.17. The van der Waals surface area contributed by atoms with Gasteiger partial charge in [0, 0.05) is 12.6 Å². The molecule has 0 aliphatic heterocycles. The van der Waals surface area contributed by atoms with Gasteiger partial charge in [-0.15, -0.1) is 0 Å². The number of hydrogen-bond acceptors (Lipinski definition) is 2. The third-order valence-electron chi connectivity index (χ3n) is 2.41. The summed E-state index contributed by atoms with van der Waals surface area (Å²) < 4.78 is 13.1. The van der Waals surface area contributed by atoms with Gasteiger partial charge in [0.05, 0.1) is 0 Å². The second-order valence-corrected chi connectivity index (χ2v) is 3.63. The smallest absolute Gasteiger partial charge is 0.326 e. The summed E-state index contributed by atoms with van der Waals surface area (Å²) in [6, 6.07) is 4.36. The lowest BCUT2D eigenvalue weighted by molar-refractivity contribution is -0.140. The number of nitrogens with zero attached hydrogens (tertiary/aromatic N) is 1. The van der Waals surface area contributed by atoms with E-state index >= 15 is 0 Å². The lowest BCUT2D eigenvalue weighted by Gasteiger charge is -2.27. The lowest BCUT2D eigenvalue weighted by atomic mass is 10.1. The summed E-state index contributed by atoms with van der Waals surface area (Å²) in [5, 5.41) is 9.04. The molecule has 0 fully saturated rings. The van der Waals surface area contributed by atoms with E-state index in [1.807, 2.05) is 0 Å². The Morgan fingerprint density at radius 2 is 2.12 bits per heavy atom. The second kappa shape index (κ2) is 5.43. The number of carbonyl (C=O) groups is 2. The first-order valence-corrected chi connectivity index (χ1v) is 5.25. The van der Waals surface area contributed by atoms with Crippen molar-refractivity contribution >= 4 is 17.6 Å². The topological polar surface area (TPSA) is 57.6 Å². The number of amides is 1. The van der Waals surface area contributed by atoms with E-state index in [1.54, 1.807) is 6.92 Å². The highest BCUT2D eigenvalue weighted by Gasteiger charge is 2.27. The van der Waals surface area contributed by atoms with Crippen LogP contribution in [0.15, 0.2) is 24.3 Å². The third-order valence-corrected chi connectivity index (χ3v) is 2.41. The maximum Gasteiger partial charge on any atom is 0.326 e. The molecule has 1 atom stereocenters. The van der Waals surface area contributed by atoms with Crippen LogP contribution in [0.3, 0.4) is 0 Å². The van der Waals surface area contributed by atoms with Gasteiger partial charge in [0.15, 0.2) is 0 Å². The van der Waals surface area contributed by atoms with Gasteiger partial charge in [-0.2, -0.15) is 0 Å². The van der Waals surface area contributed by atoms with Crippen LogP contribution in [0.4, 0.5) is 10.1 Å². The largest absolute Gasteiger partial charge is 0.480 e. The molecule has 0 saturated heterocycles. The van der Waals surface area contributed by atoms with Gasteiger partial charge in [-0.3, -0.25) is 9.69 Å². The second-order valence-electron chi connectivity index (χ2n) is 3.63. The van der Waals surface area contributed by atoms with Crippen LogP contribution >= 0.6 is 0 Å². The molecular weight excluding hydrogens is 225 g/mol. The van der Waals surface area contributed by atoms with Crippen molar-refractivity contribution in [3.05, 3.63) is 30.1 Å². The van der Waals surface area contributed by atoms with Crippen LogP contribution in [0.2, 0.25) is 0 Å². The van der Waals surface area contributed by atoms with Crippen LogP contribution in [0.1, 0.15) is 20.3 Å². The molecule has 0 aliphatic carbocycles. The molecule has 1 aromatic carbocycles. The Labute approximate surface area is 98.7 Å². The molecule has 4 nitrogen and oxygen atoms in total. The van der Waals surface area contributed by atoms with Crippen LogP contribution in [-0.4, -0.2) is 23.0 Å². The summed E-state index contributed by atoms with van der Waals surface area (Å²) >= 11 is 0. The molecule has 1 aromatic rings. The molecule has 0 radical (unpaired) electrons. The first-order chi connectivity index (χ1) is 7.97. The first kappa shape index (κ1) is 13.2. The minimum Gasteiger partial charge on any atom is -0.480 e. The molecule has 0 spiro atoms. The summed E-state index contributed by atoms with van der Waals surface area (Å²) in [5.74, 6) is -2.04.